The summed E-state index contributed by atoms with van der Waals surface area (Å²) in [5.41, 5.74) is 3.31. The summed E-state index contributed by atoms with van der Waals surface area (Å²) < 4.78 is 7.57. The van der Waals surface area contributed by atoms with E-state index in [0.29, 0.717) is 12.0 Å². The van der Waals surface area contributed by atoms with Crippen LogP contribution in [0.15, 0.2) is 42.2 Å². The number of hydrogen-bond donors (Lipinski definition) is 1. The van der Waals surface area contributed by atoms with Gasteiger partial charge in [-0.1, -0.05) is 25.5 Å². The topological polar surface area (TPSA) is 56.2 Å². The molecule has 26 heavy (non-hydrogen) atoms. The van der Waals surface area contributed by atoms with Gasteiger partial charge in [0, 0.05) is 18.2 Å². The zero-order valence-electron chi connectivity index (χ0n) is 16.0. The van der Waals surface area contributed by atoms with Gasteiger partial charge in [-0.2, -0.15) is 5.10 Å². The largest absolute Gasteiger partial charge is 0.494 e. The van der Waals surface area contributed by atoms with E-state index in [1.54, 1.807) is 0 Å². The molecule has 1 aromatic heterocycles. The first-order valence-corrected chi connectivity index (χ1v) is 9.20. The number of aromatic nitrogens is 2. The minimum absolute atomic E-state index is 0.0508. The van der Waals surface area contributed by atoms with Crippen LogP contribution in [0.25, 0.3) is 5.70 Å². The Balaban J connectivity index is 1.84. The van der Waals surface area contributed by atoms with Gasteiger partial charge in [-0.15, -0.1) is 0 Å². The maximum atomic E-state index is 12.6. The lowest BCUT2D eigenvalue weighted by molar-refractivity contribution is -0.119. The fraction of sp³-hybridized carbons (Fsp3) is 0.429. The Kier molecular flexibility index (Phi) is 5.16. The van der Waals surface area contributed by atoms with Crippen LogP contribution in [0.2, 0.25) is 0 Å². The van der Waals surface area contributed by atoms with E-state index in [1.165, 1.54) is 0 Å². The number of aryl methyl sites for hydroxylation is 1. The number of rotatable bonds is 6. The third-order valence-electron chi connectivity index (χ3n) is 4.93. The molecule has 5 heteroatoms. The Bertz CT molecular complexity index is 820. The second-order valence-corrected chi connectivity index (χ2v) is 7.22. The van der Waals surface area contributed by atoms with Crippen LogP contribution in [0.1, 0.15) is 51.2 Å². The van der Waals surface area contributed by atoms with Crippen LogP contribution in [-0.4, -0.2) is 22.3 Å². The Morgan fingerprint density at radius 3 is 2.62 bits per heavy atom. The van der Waals surface area contributed by atoms with Crippen molar-refractivity contribution in [3.8, 4) is 5.75 Å². The first-order valence-electron chi connectivity index (χ1n) is 9.20. The molecule has 2 heterocycles. The van der Waals surface area contributed by atoms with Gasteiger partial charge in [-0.3, -0.25) is 4.79 Å². The smallest absolute Gasteiger partial charge is 0.249 e. The quantitative estimate of drug-likeness (QED) is 0.798. The lowest BCUT2D eigenvalue weighted by Crippen LogP contribution is -2.48. The van der Waals surface area contributed by atoms with Crippen molar-refractivity contribution in [3.63, 3.8) is 0 Å². The number of hydrogen-bond acceptors (Lipinski definition) is 3. The number of nitrogens with zero attached hydrogens (tertiary/aromatic N) is 2. The number of amides is 1. The van der Waals surface area contributed by atoms with Crippen LogP contribution in [0.4, 0.5) is 0 Å². The van der Waals surface area contributed by atoms with Crippen molar-refractivity contribution in [1.82, 2.24) is 15.1 Å². The van der Waals surface area contributed by atoms with E-state index >= 15 is 0 Å². The molecule has 1 aliphatic rings. The number of nitrogens with one attached hydrogen (secondary N) is 1. The van der Waals surface area contributed by atoms with Gasteiger partial charge in [-0.05, 0) is 50.5 Å². The molecule has 2 aromatic rings. The van der Waals surface area contributed by atoms with Crippen LogP contribution in [0, 0.1) is 6.92 Å². The highest BCUT2D eigenvalue weighted by molar-refractivity contribution is 6.00. The van der Waals surface area contributed by atoms with Crippen LogP contribution < -0.4 is 10.1 Å². The molecular weight excluding hydrogens is 326 g/mol. The van der Waals surface area contributed by atoms with Crippen LogP contribution in [-0.2, 0) is 10.3 Å². The number of carbonyl (C=O) groups is 1. The SMILES string of the molecule is CCCCOc1ccc([C@]2(C)CC(n3cc(C)cn3)=C(C)C(=O)N2)cc1. The van der Waals surface area contributed by atoms with Crippen molar-refractivity contribution in [2.24, 2.45) is 0 Å². The maximum absolute atomic E-state index is 12.6. The molecule has 0 bridgehead atoms. The number of unbranched alkanes of at least 4 members (excludes halogenated alkanes) is 1. The third kappa shape index (κ3) is 3.66. The molecule has 0 spiro atoms. The molecule has 0 unspecified atom stereocenters. The summed E-state index contributed by atoms with van der Waals surface area (Å²) in [5, 5.41) is 7.56. The van der Waals surface area contributed by atoms with Gasteiger partial charge in [0.15, 0.2) is 0 Å². The molecule has 0 fully saturated rings. The molecule has 1 amide bonds. The van der Waals surface area contributed by atoms with Gasteiger partial charge < -0.3 is 10.1 Å². The van der Waals surface area contributed by atoms with Crippen LogP contribution in [0.5, 0.6) is 5.75 Å². The molecule has 1 atom stereocenters. The maximum Gasteiger partial charge on any atom is 0.249 e. The molecule has 1 aliphatic heterocycles. The Hall–Kier alpha value is -2.56. The summed E-state index contributed by atoms with van der Waals surface area (Å²) in [6, 6.07) is 8.03. The predicted molar refractivity (Wildman–Crippen MR) is 103 cm³/mol. The van der Waals surface area contributed by atoms with Crippen molar-refractivity contribution in [3.05, 3.63) is 53.4 Å². The Morgan fingerprint density at radius 1 is 1.27 bits per heavy atom. The molecule has 138 valence electrons. The summed E-state index contributed by atoms with van der Waals surface area (Å²) in [7, 11) is 0. The molecule has 0 saturated carbocycles. The minimum Gasteiger partial charge on any atom is -0.494 e. The Morgan fingerprint density at radius 2 is 2.00 bits per heavy atom. The van der Waals surface area contributed by atoms with Crippen molar-refractivity contribution in [1.29, 1.82) is 0 Å². The number of ether oxygens (including phenoxy) is 1. The monoisotopic (exact) mass is 353 g/mol. The number of benzene rings is 1. The summed E-state index contributed by atoms with van der Waals surface area (Å²) in [6.45, 7) is 8.78. The highest BCUT2D eigenvalue weighted by atomic mass is 16.5. The fourth-order valence-corrected chi connectivity index (χ4v) is 3.23. The fourth-order valence-electron chi connectivity index (χ4n) is 3.23. The molecule has 0 aliphatic carbocycles. The van der Waals surface area contributed by atoms with E-state index in [2.05, 4.69) is 24.3 Å². The average Bonchev–Trinajstić information content (AvgIpc) is 3.05. The van der Waals surface area contributed by atoms with Gasteiger partial charge in [0.2, 0.25) is 5.91 Å². The summed E-state index contributed by atoms with van der Waals surface area (Å²) >= 11 is 0. The van der Waals surface area contributed by atoms with E-state index in [9.17, 15) is 4.79 Å². The van der Waals surface area contributed by atoms with Crippen LogP contribution in [0.3, 0.4) is 0 Å². The van der Waals surface area contributed by atoms with Gasteiger partial charge in [-0.25, -0.2) is 4.68 Å². The van der Waals surface area contributed by atoms with Crippen molar-refractivity contribution < 1.29 is 9.53 Å². The lowest BCUT2D eigenvalue weighted by atomic mass is 9.83. The molecule has 1 aromatic carbocycles. The third-order valence-corrected chi connectivity index (χ3v) is 4.93. The van der Waals surface area contributed by atoms with E-state index in [1.807, 2.05) is 55.2 Å². The standard InChI is InChI=1S/C21H27N3O2/c1-5-6-11-26-18-9-7-17(8-10-18)21(4)12-19(16(3)20(25)23-21)24-14-15(2)13-22-24/h7-10,13-14H,5-6,11-12H2,1-4H3,(H,23,25)/t21-/m0/s1. The molecule has 0 radical (unpaired) electrons. The average molecular weight is 353 g/mol. The highest BCUT2D eigenvalue weighted by Gasteiger charge is 2.36. The van der Waals surface area contributed by atoms with Gasteiger partial charge in [0.1, 0.15) is 5.75 Å². The van der Waals surface area contributed by atoms with E-state index in [4.69, 9.17) is 4.74 Å². The lowest BCUT2D eigenvalue weighted by Gasteiger charge is -2.37. The first kappa shape index (κ1) is 18.2. The van der Waals surface area contributed by atoms with Crippen LogP contribution >= 0.6 is 0 Å². The zero-order valence-corrected chi connectivity index (χ0v) is 16.0. The van der Waals surface area contributed by atoms with Crippen molar-refractivity contribution >= 4 is 11.6 Å². The summed E-state index contributed by atoms with van der Waals surface area (Å²) in [4.78, 5) is 12.6. The highest BCUT2D eigenvalue weighted by Crippen LogP contribution is 2.36. The number of carbonyl (C=O) groups excluding carboxylic acids is 1. The molecule has 3 rings (SSSR count). The summed E-state index contributed by atoms with van der Waals surface area (Å²) in [6.07, 6.45) is 6.62. The van der Waals surface area contributed by atoms with Crippen molar-refractivity contribution in [2.75, 3.05) is 6.61 Å². The second-order valence-electron chi connectivity index (χ2n) is 7.22. The van der Waals surface area contributed by atoms with E-state index in [0.717, 1.165) is 42.0 Å². The van der Waals surface area contributed by atoms with Gasteiger partial charge in [0.25, 0.3) is 0 Å². The minimum atomic E-state index is -0.478. The molecule has 5 nitrogen and oxygen atoms in total. The van der Waals surface area contributed by atoms with E-state index < -0.39 is 5.54 Å². The second kappa shape index (κ2) is 7.36. The van der Waals surface area contributed by atoms with E-state index in [-0.39, 0.29) is 5.91 Å². The normalized spacial score (nSPS) is 20.2. The van der Waals surface area contributed by atoms with Crippen molar-refractivity contribution in [2.45, 2.75) is 52.5 Å². The molecule has 0 saturated heterocycles. The van der Waals surface area contributed by atoms with Gasteiger partial charge in [0.05, 0.1) is 24.0 Å². The zero-order chi connectivity index (χ0) is 18.7. The van der Waals surface area contributed by atoms with Gasteiger partial charge >= 0.3 is 0 Å². The first-order chi connectivity index (χ1) is 12.4. The Labute approximate surface area is 155 Å². The predicted octanol–water partition coefficient (Wildman–Crippen LogP) is 4.04. The molecular formula is C21H27N3O2. The summed E-state index contributed by atoms with van der Waals surface area (Å²) in [5.74, 6) is 0.813. The molecule has 1 N–H and O–H groups in total.